The van der Waals surface area contributed by atoms with E-state index in [-0.39, 0.29) is 11.0 Å². The Kier molecular flexibility index (Phi) is 4.79. The van der Waals surface area contributed by atoms with Gasteiger partial charge in [-0.15, -0.1) is 0 Å². The summed E-state index contributed by atoms with van der Waals surface area (Å²) in [6.45, 7) is 5.80. The molecule has 0 heterocycles. The number of rotatable bonds is 4. The third kappa shape index (κ3) is 3.25. The topological polar surface area (TPSA) is 17.1 Å². The number of hydrogen-bond donors (Lipinski definition) is 1. The maximum atomic E-state index is 10.8. The van der Waals surface area contributed by atoms with E-state index in [9.17, 15) is 4.79 Å². The van der Waals surface area contributed by atoms with Gasteiger partial charge >= 0.3 is 0 Å². The van der Waals surface area contributed by atoms with Gasteiger partial charge in [-0.3, -0.25) is 4.79 Å². The second kappa shape index (κ2) is 4.78. The van der Waals surface area contributed by atoms with Crippen molar-refractivity contribution in [3.63, 3.8) is 0 Å². The molecule has 0 aliphatic carbocycles. The summed E-state index contributed by atoms with van der Waals surface area (Å²) in [5, 5.41) is -0.0556. The Morgan fingerprint density at radius 1 is 1.60 bits per heavy atom. The Hall–Kier alpha value is 0.0200. The fourth-order valence-electron chi connectivity index (χ4n) is 1.01. The zero-order chi connectivity index (χ0) is 8.15. The molecule has 0 amide bonds. The smallest absolute Gasteiger partial charge is 0.142 e. The fourth-order valence-corrected chi connectivity index (χ4v) is 1.16. The van der Waals surface area contributed by atoms with Crippen molar-refractivity contribution in [1.82, 2.24) is 0 Å². The van der Waals surface area contributed by atoms with E-state index in [1.54, 1.807) is 6.92 Å². The average Bonchev–Trinajstić information content (AvgIpc) is 1.87. The maximum absolute atomic E-state index is 10.8. The molecule has 0 aliphatic heterocycles. The Balaban J connectivity index is 3.69. The van der Waals surface area contributed by atoms with Crippen LogP contribution >= 0.6 is 12.6 Å². The quantitative estimate of drug-likeness (QED) is 0.624. The summed E-state index contributed by atoms with van der Waals surface area (Å²) < 4.78 is 0. The first kappa shape index (κ1) is 10.0. The lowest BCUT2D eigenvalue weighted by Gasteiger charge is -2.14. The molecule has 1 nitrogen and oxygen atoms in total. The SMILES string of the molecule is CCCC(C)C(S)C(C)=O. The van der Waals surface area contributed by atoms with Crippen LogP contribution in [-0.4, -0.2) is 11.0 Å². The molecule has 60 valence electrons. The highest BCUT2D eigenvalue weighted by Crippen LogP contribution is 2.15. The van der Waals surface area contributed by atoms with E-state index >= 15 is 0 Å². The molecule has 10 heavy (non-hydrogen) atoms. The third-order valence-corrected chi connectivity index (χ3v) is 2.57. The van der Waals surface area contributed by atoms with Crippen LogP contribution in [0.5, 0.6) is 0 Å². The van der Waals surface area contributed by atoms with Gasteiger partial charge in [0.25, 0.3) is 0 Å². The number of carbonyl (C=O) groups excluding carboxylic acids is 1. The van der Waals surface area contributed by atoms with Gasteiger partial charge in [0.2, 0.25) is 0 Å². The van der Waals surface area contributed by atoms with Crippen molar-refractivity contribution >= 4 is 18.4 Å². The van der Waals surface area contributed by atoms with Crippen molar-refractivity contribution in [2.75, 3.05) is 0 Å². The number of thiol groups is 1. The molecule has 0 aliphatic rings. The van der Waals surface area contributed by atoms with E-state index in [0.717, 1.165) is 12.8 Å². The van der Waals surface area contributed by atoms with Gasteiger partial charge in [0.15, 0.2) is 0 Å². The lowest BCUT2D eigenvalue weighted by Crippen LogP contribution is -2.19. The highest BCUT2D eigenvalue weighted by molar-refractivity contribution is 7.81. The molecule has 0 aromatic heterocycles. The monoisotopic (exact) mass is 160 g/mol. The summed E-state index contributed by atoms with van der Waals surface area (Å²) >= 11 is 4.20. The number of Topliss-reactive ketones (excluding diaryl/α,β-unsaturated/α-hetero) is 1. The van der Waals surface area contributed by atoms with Crippen LogP contribution in [0.1, 0.15) is 33.6 Å². The second-order valence-corrected chi connectivity index (χ2v) is 3.38. The molecular formula is C8H16OS. The number of hydrogen-bond acceptors (Lipinski definition) is 2. The second-order valence-electron chi connectivity index (χ2n) is 2.82. The Morgan fingerprint density at radius 2 is 2.10 bits per heavy atom. The summed E-state index contributed by atoms with van der Waals surface area (Å²) in [5.41, 5.74) is 0. The molecule has 0 spiro atoms. The molecule has 0 fully saturated rings. The minimum absolute atomic E-state index is 0.0556. The largest absolute Gasteiger partial charge is 0.299 e. The van der Waals surface area contributed by atoms with Crippen molar-refractivity contribution in [1.29, 1.82) is 0 Å². The molecule has 0 saturated carbocycles. The molecular weight excluding hydrogens is 144 g/mol. The Morgan fingerprint density at radius 3 is 2.40 bits per heavy atom. The van der Waals surface area contributed by atoms with Gasteiger partial charge in [0, 0.05) is 0 Å². The number of carbonyl (C=O) groups is 1. The summed E-state index contributed by atoms with van der Waals surface area (Å²) in [7, 11) is 0. The molecule has 2 heteroatoms. The summed E-state index contributed by atoms with van der Waals surface area (Å²) in [4.78, 5) is 10.8. The molecule has 0 N–H and O–H groups in total. The van der Waals surface area contributed by atoms with Crippen LogP contribution < -0.4 is 0 Å². The van der Waals surface area contributed by atoms with E-state index in [1.165, 1.54) is 0 Å². The Labute approximate surface area is 68.6 Å². The predicted molar refractivity (Wildman–Crippen MR) is 47.5 cm³/mol. The van der Waals surface area contributed by atoms with Crippen molar-refractivity contribution in [3.8, 4) is 0 Å². The van der Waals surface area contributed by atoms with Crippen molar-refractivity contribution in [3.05, 3.63) is 0 Å². The summed E-state index contributed by atoms with van der Waals surface area (Å²) in [6.07, 6.45) is 2.22. The zero-order valence-corrected chi connectivity index (χ0v) is 7.82. The maximum Gasteiger partial charge on any atom is 0.142 e. The van der Waals surface area contributed by atoms with Gasteiger partial charge in [-0.05, 0) is 19.3 Å². The summed E-state index contributed by atoms with van der Waals surface area (Å²) in [5.74, 6) is 0.607. The Bertz CT molecular complexity index is 112. The van der Waals surface area contributed by atoms with Crippen LogP contribution in [0.3, 0.4) is 0 Å². The normalized spacial score (nSPS) is 16.4. The predicted octanol–water partition coefficient (Wildman–Crippen LogP) is 2.31. The van der Waals surface area contributed by atoms with Crippen LogP contribution in [0.25, 0.3) is 0 Å². The van der Waals surface area contributed by atoms with Gasteiger partial charge < -0.3 is 0 Å². The van der Waals surface area contributed by atoms with E-state index in [1.807, 2.05) is 0 Å². The van der Waals surface area contributed by atoms with Gasteiger partial charge in [0.05, 0.1) is 5.25 Å². The minimum atomic E-state index is -0.0556. The molecule has 0 radical (unpaired) electrons. The van der Waals surface area contributed by atoms with Crippen LogP contribution in [-0.2, 0) is 4.79 Å². The molecule has 0 aromatic carbocycles. The van der Waals surface area contributed by atoms with Gasteiger partial charge in [-0.2, -0.15) is 12.6 Å². The van der Waals surface area contributed by atoms with Crippen molar-refractivity contribution in [2.24, 2.45) is 5.92 Å². The van der Waals surface area contributed by atoms with Gasteiger partial charge in [-0.1, -0.05) is 20.3 Å². The molecule has 0 saturated heterocycles. The minimum Gasteiger partial charge on any atom is -0.299 e. The van der Waals surface area contributed by atoms with Gasteiger partial charge in [-0.25, -0.2) is 0 Å². The highest BCUT2D eigenvalue weighted by Gasteiger charge is 2.15. The lowest BCUT2D eigenvalue weighted by molar-refractivity contribution is -0.117. The first-order chi connectivity index (χ1) is 4.59. The lowest BCUT2D eigenvalue weighted by atomic mass is 10.00. The van der Waals surface area contributed by atoms with E-state index in [4.69, 9.17) is 0 Å². The van der Waals surface area contributed by atoms with Crippen molar-refractivity contribution in [2.45, 2.75) is 38.9 Å². The van der Waals surface area contributed by atoms with Crippen LogP contribution in [0.2, 0.25) is 0 Å². The van der Waals surface area contributed by atoms with E-state index in [0.29, 0.717) is 5.92 Å². The highest BCUT2D eigenvalue weighted by atomic mass is 32.1. The van der Waals surface area contributed by atoms with E-state index in [2.05, 4.69) is 26.5 Å². The fraction of sp³-hybridized carbons (Fsp3) is 0.875. The van der Waals surface area contributed by atoms with E-state index < -0.39 is 0 Å². The molecule has 2 unspecified atom stereocenters. The van der Waals surface area contributed by atoms with Crippen molar-refractivity contribution < 1.29 is 4.79 Å². The van der Waals surface area contributed by atoms with Crippen LogP contribution in [0.15, 0.2) is 0 Å². The molecule has 0 bridgehead atoms. The molecule has 0 rings (SSSR count). The van der Waals surface area contributed by atoms with Crippen LogP contribution in [0.4, 0.5) is 0 Å². The zero-order valence-electron chi connectivity index (χ0n) is 6.92. The molecule has 2 atom stereocenters. The molecule has 0 aromatic rings. The van der Waals surface area contributed by atoms with Gasteiger partial charge in [0.1, 0.15) is 5.78 Å². The first-order valence-electron chi connectivity index (χ1n) is 3.78. The average molecular weight is 160 g/mol. The standard InChI is InChI=1S/C8H16OS/c1-4-5-6(2)8(10)7(3)9/h6,8,10H,4-5H2,1-3H3. The first-order valence-corrected chi connectivity index (χ1v) is 4.29. The third-order valence-electron chi connectivity index (χ3n) is 1.70. The summed E-state index contributed by atoms with van der Waals surface area (Å²) in [6, 6.07) is 0. The van der Waals surface area contributed by atoms with Crippen LogP contribution in [0, 0.1) is 5.92 Å². The number of ketones is 1.